The highest BCUT2D eigenvalue weighted by molar-refractivity contribution is 6.91. The van der Waals surface area contributed by atoms with Crippen molar-refractivity contribution in [3.63, 3.8) is 0 Å². The third-order valence-corrected chi connectivity index (χ3v) is 28.9. The van der Waals surface area contributed by atoms with Crippen LogP contribution in [-0.4, -0.2) is 26.1 Å². The smallest absolute Gasteiger partial charge is 0.146 e. The van der Waals surface area contributed by atoms with Gasteiger partial charge in [0.15, 0.2) is 0 Å². The van der Waals surface area contributed by atoms with Gasteiger partial charge in [0, 0.05) is 32.3 Å². The first-order valence-electron chi connectivity index (χ1n) is 23.4. The summed E-state index contributed by atoms with van der Waals surface area (Å²) in [6.07, 6.45) is 1.98. The summed E-state index contributed by atoms with van der Waals surface area (Å²) in [6, 6.07) is 27.9. The van der Waals surface area contributed by atoms with Gasteiger partial charge in [-0.3, -0.25) is 0 Å². The van der Waals surface area contributed by atoms with Crippen LogP contribution in [0.25, 0.3) is 86.7 Å². The molecule has 11 rings (SSSR count). The molecule has 4 heteroatoms. The maximum atomic E-state index is 5.96. The van der Waals surface area contributed by atoms with Crippen molar-refractivity contribution in [1.82, 2.24) is 9.97 Å². The standard InChI is InChI=1S/C58H58N2Si2/c1-31(2)61(32(3)4,33(5)6)25-23-43-47-29-37-15-13-14-16-38(37)30-48(47)44(24-26-62(34(7)8,35(9)10)36(11)12)56-55(43)59-57-45-21-19-41-27-39-17-18-40-28-42-20-22-46(58(57)60-56)54-52(42)50(40)49(39)51(41)53(45)54/h13-22,29-36H,27-28H2,1-12H3. The molecule has 0 aliphatic heterocycles. The lowest BCUT2D eigenvalue weighted by Crippen LogP contribution is -2.43. The van der Waals surface area contributed by atoms with Crippen molar-refractivity contribution in [3.05, 3.63) is 106 Å². The monoisotopic (exact) mass is 838 g/mol. The third kappa shape index (κ3) is 5.06. The molecule has 0 amide bonds. The molecule has 2 aliphatic rings. The summed E-state index contributed by atoms with van der Waals surface area (Å²) >= 11 is 0. The normalized spacial score (nSPS) is 14.0. The van der Waals surface area contributed by atoms with Gasteiger partial charge in [-0.15, -0.1) is 11.1 Å². The van der Waals surface area contributed by atoms with E-state index in [0.717, 1.165) is 56.8 Å². The SMILES string of the molecule is CC(C)[Si](C#Cc1c2cc3ccccc3cc2c(C#C[Si](C(C)C)(C(C)C)C(C)C)c2nc3c4ccc5c6c7c(ccc8c7c7c(ccc(c3nc12)c7c46)C8)C5)(C(C)C)C(C)C. The van der Waals surface area contributed by atoms with Gasteiger partial charge in [0.05, 0.1) is 22.2 Å². The first kappa shape index (κ1) is 39.6. The van der Waals surface area contributed by atoms with Crippen LogP contribution in [0.1, 0.15) is 116 Å². The van der Waals surface area contributed by atoms with E-state index in [4.69, 9.17) is 9.97 Å². The molecule has 0 spiro atoms. The van der Waals surface area contributed by atoms with E-state index in [1.54, 1.807) is 0 Å². The third-order valence-electron chi connectivity index (χ3n) is 16.3. The number of fused-ring (bicyclic) bond motifs is 6. The molecule has 0 atom stereocenters. The number of aromatic nitrogens is 2. The second-order valence-corrected chi connectivity index (χ2v) is 32.1. The lowest BCUT2D eigenvalue weighted by Gasteiger charge is -2.38. The van der Waals surface area contributed by atoms with Crippen molar-refractivity contribution < 1.29 is 0 Å². The number of nitrogens with zero attached hydrogens (tertiary/aromatic N) is 2. The predicted molar refractivity (Wildman–Crippen MR) is 275 cm³/mol. The van der Waals surface area contributed by atoms with Crippen LogP contribution >= 0.6 is 0 Å². The van der Waals surface area contributed by atoms with Gasteiger partial charge in [-0.1, -0.05) is 156 Å². The zero-order valence-corrected chi connectivity index (χ0v) is 40.7. The number of benzene rings is 8. The van der Waals surface area contributed by atoms with Crippen molar-refractivity contribution in [3.8, 4) is 22.9 Å². The van der Waals surface area contributed by atoms with E-state index in [1.165, 1.54) is 76.1 Å². The number of hydrogen-bond donors (Lipinski definition) is 0. The molecule has 0 fully saturated rings. The Hall–Kier alpha value is -5.27. The van der Waals surface area contributed by atoms with Gasteiger partial charge in [-0.2, -0.15) is 0 Å². The minimum atomic E-state index is -2.14. The van der Waals surface area contributed by atoms with Crippen LogP contribution in [0.15, 0.2) is 72.8 Å². The molecule has 1 aromatic heterocycles. The Morgan fingerprint density at radius 3 is 1.05 bits per heavy atom. The molecule has 0 bridgehead atoms. The zero-order valence-electron chi connectivity index (χ0n) is 38.7. The number of rotatable bonds is 6. The van der Waals surface area contributed by atoms with Gasteiger partial charge >= 0.3 is 0 Å². The maximum absolute atomic E-state index is 5.96. The second-order valence-electron chi connectivity index (χ2n) is 20.9. The van der Waals surface area contributed by atoms with E-state index in [1.807, 2.05) is 0 Å². The molecule has 2 aliphatic carbocycles. The van der Waals surface area contributed by atoms with Crippen molar-refractivity contribution in [2.75, 3.05) is 0 Å². The molecular formula is C58H58N2Si2. The molecule has 2 nitrogen and oxygen atoms in total. The Kier molecular flexibility index (Phi) is 8.69. The van der Waals surface area contributed by atoms with Crippen LogP contribution in [0.5, 0.6) is 0 Å². The summed E-state index contributed by atoms with van der Waals surface area (Å²) in [5, 5.41) is 15.7. The molecular weight excluding hydrogens is 781 g/mol. The summed E-state index contributed by atoms with van der Waals surface area (Å²) in [6.45, 7) is 28.9. The summed E-state index contributed by atoms with van der Waals surface area (Å²) in [5.41, 5.74) is 22.9. The van der Waals surface area contributed by atoms with E-state index >= 15 is 0 Å². The quantitative estimate of drug-likeness (QED) is 0.0721. The molecule has 308 valence electrons. The Balaban J connectivity index is 1.38. The minimum Gasteiger partial charge on any atom is -0.242 e. The van der Waals surface area contributed by atoms with Gasteiger partial charge < -0.3 is 0 Å². The fourth-order valence-electron chi connectivity index (χ4n) is 13.6. The highest BCUT2D eigenvalue weighted by Gasteiger charge is 2.43. The summed E-state index contributed by atoms with van der Waals surface area (Å²) in [7, 11) is -4.27. The van der Waals surface area contributed by atoms with Crippen LogP contribution in [-0.2, 0) is 12.8 Å². The van der Waals surface area contributed by atoms with Crippen LogP contribution < -0.4 is 0 Å². The second kappa shape index (κ2) is 13.6. The summed E-state index contributed by atoms with van der Waals surface area (Å²) < 4.78 is 0. The van der Waals surface area contributed by atoms with E-state index in [-0.39, 0.29) is 0 Å². The lowest BCUT2D eigenvalue weighted by molar-refractivity contribution is 0.838. The van der Waals surface area contributed by atoms with Crippen LogP contribution in [0.3, 0.4) is 0 Å². The fourth-order valence-corrected chi connectivity index (χ4v) is 24.0. The van der Waals surface area contributed by atoms with E-state index in [9.17, 15) is 0 Å². The minimum absolute atomic E-state index is 0.504. The molecule has 1 heterocycles. The van der Waals surface area contributed by atoms with Crippen molar-refractivity contribution in [2.24, 2.45) is 0 Å². The first-order chi connectivity index (χ1) is 29.7. The molecule has 9 aromatic rings. The molecule has 8 aromatic carbocycles. The fraction of sp³-hybridized carbons (Fsp3) is 0.345. The van der Waals surface area contributed by atoms with Crippen LogP contribution in [0.4, 0.5) is 0 Å². The van der Waals surface area contributed by atoms with E-state index < -0.39 is 16.1 Å². The Bertz CT molecular complexity index is 3290. The molecule has 62 heavy (non-hydrogen) atoms. The largest absolute Gasteiger partial charge is 0.242 e. The van der Waals surface area contributed by atoms with Gasteiger partial charge in [-0.25, -0.2) is 9.97 Å². The highest BCUT2D eigenvalue weighted by atomic mass is 28.3. The molecule has 0 saturated carbocycles. The van der Waals surface area contributed by atoms with Gasteiger partial charge in [0.2, 0.25) is 0 Å². The molecule has 0 unspecified atom stereocenters. The summed E-state index contributed by atoms with van der Waals surface area (Å²) in [5.74, 6) is 8.06. The lowest BCUT2D eigenvalue weighted by atomic mass is 9.88. The van der Waals surface area contributed by atoms with Gasteiger partial charge in [0.1, 0.15) is 27.2 Å². The Labute approximate surface area is 369 Å². The Morgan fingerprint density at radius 2 is 0.710 bits per heavy atom. The Morgan fingerprint density at radius 1 is 0.387 bits per heavy atom. The average Bonchev–Trinajstić information content (AvgIpc) is 3.81. The van der Waals surface area contributed by atoms with Crippen molar-refractivity contribution in [1.29, 1.82) is 0 Å². The summed E-state index contributed by atoms with van der Waals surface area (Å²) in [4.78, 5) is 11.9. The molecule has 0 saturated heterocycles. The van der Waals surface area contributed by atoms with E-state index in [0.29, 0.717) is 33.2 Å². The van der Waals surface area contributed by atoms with Crippen LogP contribution in [0, 0.1) is 22.9 Å². The first-order valence-corrected chi connectivity index (χ1v) is 27.9. The number of hydrogen-bond acceptors (Lipinski definition) is 2. The highest BCUT2D eigenvalue weighted by Crippen LogP contribution is 2.53. The molecule has 0 N–H and O–H groups in total. The topological polar surface area (TPSA) is 25.8 Å². The molecule has 0 radical (unpaired) electrons. The van der Waals surface area contributed by atoms with Crippen molar-refractivity contribution >= 4 is 103 Å². The van der Waals surface area contributed by atoms with Gasteiger partial charge in [0.25, 0.3) is 0 Å². The zero-order chi connectivity index (χ0) is 43.3. The van der Waals surface area contributed by atoms with E-state index in [2.05, 4.69) is 179 Å². The maximum Gasteiger partial charge on any atom is 0.146 e. The van der Waals surface area contributed by atoms with Crippen molar-refractivity contribution in [2.45, 2.75) is 129 Å². The predicted octanol–water partition coefficient (Wildman–Crippen LogP) is 16.1. The van der Waals surface area contributed by atoms with Crippen LogP contribution in [0.2, 0.25) is 33.2 Å². The average molecular weight is 839 g/mol. The van der Waals surface area contributed by atoms with Gasteiger partial charge in [-0.05, 0) is 113 Å².